The predicted molar refractivity (Wildman–Crippen MR) is 46.9 cm³/mol. The van der Waals surface area contributed by atoms with Crippen LogP contribution in [0.3, 0.4) is 0 Å². The molecule has 0 bridgehead atoms. The van der Waals surface area contributed by atoms with Crippen LogP contribution in [0.25, 0.3) is 0 Å². The van der Waals surface area contributed by atoms with Crippen molar-refractivity contribution in [3.8, 4) is 0 Å². The fourth-order valence-corrected chi connectivity index (χ4v) is 0.922. The second kappa shape index (κ2) is 4.34. The molecule has 0 radical (unpaired) electrons. The topological polar surface area (TPSA) is 74.2 Å². The SMILES string of the molecule is CCOC(C)c1noc(C(C)N)n1. The lowest BCUT2D eigenvalue weighted by molar-refractivity contribution is 0.0683. The van der Waals surface area contributed by atoms with E-state index in [-0.39, 0.29) is 12.1 Å². The summed E-state index contributed by atoms with van der Waals surface area (Å²) >= 11 is 0. The van der Waals surface area contributed by atoms with Gasteiger partial charge in [0.25, 0.3) is 0 Å². The maximum absolute atomic E-state index is 5.56. The summed E-state index contributed by atoms with van der Waals surface area (Å²) in [5, 5.41) is 3.76. The van der Waals surface area contributed by atoms with E-state index < -0.39 is 0 Å². The Kier molecular flexibility index (Phi) is 3.39. The van der Waals surface area contributed by atoms with Crippen molar-refractivity contribution in [2.45, 2.75) is 32.9 Å². The van der Waals surface area contributed by atoms with Crippen LogP contribution in [0.2, 0.25) is 0 Å². The third kappa shape index (κ3) is 2.50. The highest BCUT2D eigenvalue weighted by molar-refractivity contribution is 4.92. The molecule has 1 aromatic heterocycles. The summed E-state index contributed by atoms with van der Waals surface area (Å²) in [5.74, 6) is 0.996. The van der Waals surface area contributed by atoms with E-state index in [0.717, 1.165) is 0 Å². The molecule has 1 aromatic rings. The number of rotatable bonds is 4. The molecular weight excluding hydrogens is 170 g/mol. The first-order valence-electron chi connectivity index (χ1n) is 4.35. The summed E-state index contributed by atoms with van der Waals surface area (Å²) in [7, 11) is 0. The summed E-state index contributed by atoms with van der Waals surface area (Å²) in [6.45, 7) is 6.22. The smallest absolute Gasteiger partial charge is 0.243 e. The zero-order valence-electron chi connectivity index (χ0n) is 8.15. The van der Waals surface area contributed by atoms with Gasteiger partial charge in [0.1, 0.15) is 6.10 Å². The van der Waals surface area contributed by atoms with Gasteiger partial charge in [0.2, 0.25) is 5.89 Å². The summed E-state index contributed by atoms with van der Waals surface area (Å²) < 4.78 is 10.2. The Balaban J connectivity index is 2.67. The van der Waals surface area contributed by atoms with Gasteiger partial charge in [0, 0.05) is 6.61 Å². The van der Waals surface area contributed by atoms with E-state index in [2.05, 4.69) is 10.1 Å². The largest absolute Gasteiger partial charge is 0.371 e. The summed E-state index contributed by atoms with van der Waals surface area (Å²) in [5.41, 5.74) is 5.56. The zero-order valence-corrected chi connectivity index (χ0v) is 8.15. The first-order chi connectivity index (χ1) is 6.15. The minimum atomic E-state index is -0.227. The van der Waals surface area contributed by atoms with Gasteiger partial charge in [-0.1, -0.05) is 5.16 Å². The number of hydrogen-bond acceptors (Lipinski definition) is 5. The average molecular weight is 185 g/mol. The predicted octanol–water partition coefficient (Wildman–Crippen LogP) is 1.19. The number of aromatic nitrogens is 2. The lowest BCUT2D eigenvalue weighted by atomic mass is 10.3. The first kappa shape index (κ1) is 10.1. The molecule has 2 unspecified atom stereocenters. The first-order valence-corrected chi connectivity index (χ1v) is 4.35. The second-order valence-electron chi connectivity index (χ2n) is 2.88. The summed E-state index contributed by atoms with van der Waals surface area (Å²) in [6, 6.07) is -0.227. The van der Waals surface area contributed by atoms with Crippen LogP contribution < -0.4 is 5.73 Å². The molecule has 1 heterocycles. The van der Waals surface area contributed by atoms with Gasteiger partial charge < -0.3 is 15.0 Å². The van der Waals surface area contributed by atoms with Crippen LogP contribution in [0.4, 0.5) is 0 Å². The van der Waals surface area contributed by atoms with Gasteiger partial charge in [-0.05, 0) is 20.8 Å². The van der Waals surface area contributed by atoms with E-state index in [1.807, 2.05) is 13.8 Å². The second-order valence-corrected chi connectivity index (χ2v) is 2.88. The van der Waals surface area contributed by atoms with Crippen LogP contribution in [-0.4, -0.2) is 16.7 Å². The molecule has 13 heavy (non-hydrogen) atoms. The summed E-state index contributed by atoms with van der Waals surface area (Å²) in [4.78, 5) is 4.10. The Labute approximate surface area is 77.3 Å². The molecule has 2 atom stereocenters. The van der Waals surface area contributed by atoms with Gasteiger partial charge in [-0.15, -0.1) is 0 Å². The van der Waals surface area contributed by atoms with Crippen molar-refractivity contribution in [2.75, 3.05) is 6.61 Å². The van der Waals surface area contributed by atoms with Crippen molar-refractivity contribution in [3.05, 3.63) is 11.7 Å². The molecule has 0 aliphatic carbocycles. The zero-order chi connectivity index (χ0) is 9.84. The third-order valence-electron chi connectivity index (χ3n) is 1.63. The molecule has 0 aromatic carbocycles. The summed E-state index contributed by atoms with van der Waals surface area (Å²) in [6.07, 6.45) is -0.138. The monoisotopic (exact) mass is 185 g/mol. The van der Waals surface area contributed by atoms with Crippen LogP contribution in [0.15, 0.2) is 4.52 Å². The number of ether oxygens (including phenoxy) is 1. The normalized spacial score (nSPS) is 15.7. The fraction of sp³-hybridized carbons (Fsp3) is 0.750. The van der Waals surface area contributed by atoms with Gasteiger partial charge in [-0.2, -0.15) is 4.98 Å². The molecule has 2 N–H and O–H groups in total. The molecule has 1 rings (SSSR count). The molecule has 0 spiro atoms. The molecule has 5 nitrogen and oxygen atoms in total. The van der Waals surface area contributed by atoms with Gasteiger partial charge in [0.05, 0.1) is 6.04 Å². The number of hydrogen-bond donors (Lipinski definition) is 1. The Morgan fingerprint density at radius 1 is 1.54 bits per heavy atom. The van der Waals surface area contributed by atoms with Crippen LogP contribution >= 0.6 is 0 Å². The van der Waals surface area contributed by atoms with Gasteiger partial charge in [0.15, 0.2) is 5.82 Å². The van der Waals surface area contributed by atoms with Crippen molar-refractivity contribution < 1.29 is 9.26 Å². The van der Waals surface area contributed by atoms with Crippen molar-refractivity contribution in [2.24, 2.45) is 5.73 Å². The minimum absolute atomic E-state index is 0.138. The van der Waals surface area contributed by atoms with Crippen LogP contribution in [-0.2, 0) is 4.74 Å². The van der Waals surface area contributed by atoms with Crippen molar-refractivity contribution in [1.29, 1.82) is 0 Å². The highest BCUT2D eigenvalue weighted by Gasteiger charge is 2.15. The van der Waals surface area contributed by atoms with E-state index in [9.17, 15) is 0 Å². The lowest BCUT2D eigenvalue weighted by Gasteiger charge is -2.04. The van der Waals surface area contributed by atoms with Crippen molar-refractivity contribution in [3.63, 3.8) is 0 Å². The minimum Gasteiger partial charge on any atom is -0.371 e. The highest BCUT2D eigenvalue weighted by Crippen LogP contribution is 2.14. The van der Waals surface area contributed by atoms with Crippen molar-refractivity contribution >= 4 is 0 Å². The van der Waals surface area contributed by atoms with Gasteiger partial charge in [-0.3, -0.25) is 0 Å². The van der Waals surface area contributed by atoms with Crippen LogP contribution in [0.1, 0.15) is 44.6 Å². The Morgan fingerprint density at radius 3 is 2.69 bits per heavy atom. The molecule has 0 saturated heterocycles. The third-order valence-corrected chi connectivity index (χ3v) is 1.63. The van der Waals surface area contributed by atoms with Crippen LogP contribution in [0, 0.1) is 0 Å². The Bertz CT molecular complexity index is 260. The molecule has 5 heteroatoms. The maximum atomic E-state index is 5.56. The van der Waals surface area contributed by atoms with E-state index >= 15 is 0 Å². The van der Waals surface area contributed by atoms with E-state index in [1.54, 1.807) is 6.92 Å². The fourth-order valence-electron chi connectivity index (χ4n) is 0.922. The molecule has 0 aliphatic rings. The van der Waals surface area contributed by atoms with E-state index in [4.69, 9.17) is 15.0 Å². The van der Waals surface area contributed by atoms with E-state index in [1.165, 1.54) is 0 Å². The van der Waals surface area contributed by atoms with Crippen LogP contribution in [0.5, 0.6) is 0 Å². The molecule has 0 amide bonds. The average Bonchev–Trinajstić information content (AvgIpc) is 2.52. The molecule has 0 aliphatic heterocycles. The van der Waals surface area contributed by atoms with E-state index in [0.29, 0.717) is 18.3 Å². The Hall–Kier alpha value is -0.940. The molecule has 0 fully saturated rings. The standard InChI is InChI=1S/C8H15N3O2/c1-4-12-6(3)7-10-8(5(2)9)13-11-7/h5-6H,4,9H2,1-3H3. The van der Waals surface area contributed by atoms with Gasteiger partial charge in [-0.25, -0.2) is 0 Å². The van der Waals surface area contributed by atoms with Gasteiger partial charge >= 0.3 is 0 Å². The highest BCUT2D eigenvalue weighted by atomic mass is 16.5. The molecular formula is C8H15N3O2. The molecule has 74 valence electrons. The number of nitrogens with two attached hydrogens (primary N) is 1. The quantitative estimate of drug-likeness (QED) is 0.762. The molecule has 0 saturated carbocycles. The maximum Gasteiger partial charge on any atom is 0.243 e. The Morgan fingerprint density at radius 2 is 2.23 bits per heavy atom. The number of nitrogens with zero attached hydrogens (tertiary/aromatic N) is 2. The van der Waals surface area contributed by atoms with Crippen molar-refractivity contribution in [1.82, 2.24) is 10.1 Å². The lowest BCUT2D eigenvalue weighted by Crippen LogP contribution is -2.06.